The van der Waals surface area contributed by atoms with Gasteiger partial charge in [0.2, 0.25) is 11.8 Å². The fraction of sp³-hybridized carbons (Fsp3) is 0.304. The minimum atomic E-state index is -0.692. The fourth-order valence-electron chi connectivity index (χ4n) is 4.00. The summed E-state index contributed by atoms with van der Waals surface area (Å²) in [6, 6.07) is 7.54. The molecule has 0 saturated carbocycles. The van der Waals surface area contributed by atoms with Crippen molar-refractivity contribution in [1.82, 2.24) is 15.5 Å². The van der Waals surface area contributed by atoms with Crippen molar-refractivity contribution in [3.8, 4) is 5.75 Å². The third kappa shape index (κ3) is 4.63. The highest BCUT2D eigenvalue weighted by Gasteiger charge is 2.39. The van der Waals surface area contributed by atoms with Crippen LogP contribution in [0, 0.1) is 6.92 Å². The monoisotopic (exact) mass is 470 g/mol. The number of ether oxygens (including phenoxy) is 1. The number of amides is 5. The second-order valence-corrected chi connectivity index (χ2v) is 8.40. The molecule has 2 aliphatic heterocycles. The van der Waals surface area contributed by atoms with Crippen LogP contribution in [-0.2, 0) is 22.7 Å². The van der Waals surface area contributed by atoms with E-state index >= 15 is 0 Å². The molecule has 0 radical (unpaired) electrons. The molecule has 2 aliphatic rings. The van der Waals surface area contributed by atoms with Gasteiger partial charge in [-0.2, -0.15) is 0 Å². The Balaban J connectivity index is 1.46. The predicted octanol–water partition coefficient (Wildman–Crippen LogP) is 2.74. The number of hydrogen-bond acceptors (Lipinski definition) is 5. The van der Waals surface area contributed by atoms with Crippen molar-refractivity contribution in [2.45, 2.75) is 38.9 Å². The number of carbonyl (C=O) groups excluding carboxylic acids is 4. The van der Waals surface area contributed by atoms with Gasteiger partial charge in [-0.05, 0) is 48.7 Å². The van der Waals surface area contributed by atoms with Crippen molar-refractivity contribution in [3.63, 3.8) is 0 Å². The topological polar surface area (TPSA) is 117 Å². The highest BCUT2D eigenvalue weighted by atomic mass is 35.5. The normalized spacial score (nSPS) is 17.5. The van der Waals surface area contributed by atoms with Gasteiger partial charge < -0.3 is 20.3 Å². The lowest BCUT2D eigenvalue weighted by atomic mass is 10.0. The van der Waals surface area contributed by atoms with Crippen LogP contribution in [0.5, 0.6) is 5.75 Å². The molecule has 1 unspecified atom stereocenters. The van der Waals surface area contributed by atoms with Crippen LogP contribution in [0.2, 0.25) is 5.02 Å². The molecule has 4 rings (SSSR count). The molecule has 2 aromatic rings. The lowest BCUT2D eigenvalue weighted by Gasteiger charge is -2.29. The lowest BCUT2D eigenvalue weighted by Crippen LogP contribution is -2.52. The first-order valence-electron chi connectivity index (χ1n) is 10.4. The molecule has 0 bridgehead atoms. The number of aryl methyl sites for hydroxylation is 1. The molecule has 9 nitrogen and oxygen atoms in total. The van der Waals surface area contributed by atoms with E-state index in [9.17, 15) is 19.2 Å². The molecular weight excluding hydrogens is 448 g/mol. The van der Waals surface area contributed by atoms with E-state index in [1.54, 1.807) is 24.3 Å². The van der Waals surface area contributed by atoms with Gasteiger partial charge >= 0.3 is 6.03 Å². The largest absolute Gasteiger partial charge is 0.496 e. The number of hydrogen-bond donors (Lipinski definition) is 3. The molecule has 1 saturated heterocycles. The van der Waals surface area contributed by atoms with Gasteiger partial charge in [-0.15, -0.1) is 0 Å². The van der Waals surface area contributed by atoms with Crippen molar-refractivity contribution < 1.29 is 23.9 Å². The number of piperidine rings is 1. The summed E-state index contributed by atoms with van der Waals surface area (Å²) in [5.41, 5.74) is 3.33. The molecule has 0 aromatic heterocycles. The second-order valence-electron chi connectivity index (χ2n) is 7.99. The van der Waals surface area contributed by atoms with Crippen molar-refractivity contribution in [2.24, 2.45) is 0 Å². The Kier molecular flexibility index (Phi) is 6.24. The Morgan fingerprint density at radius 3 is 2.73 bits per heavy atom. The van der Waals surface area contributed by atoms with Crippen molar-refractivity contribution in [2.75, 3.05) is 12.4 Å². The van der Waals surface area contributed by atoms with E-state index in [-0.39, 0.29) is 31.3 Å². The molecule has 172 valence electrons. The number of carbonyl (C=O) groups is 4. The van der Waals surface area contributed by atoms with E-state index in [0.717, 1.165) is 11.1 Å². The number of nitrogens with zero attached hydrogens (tertiary/aromatic N) is 1. The number of anilines is 1. The summed E-state index contributed by atoms with van der Waals surface area (Å²) in [4.78, 5) is 50.4. The number of urea groups is 1. The van der Waals surface area contributed by atoms with Gasteiger partial charge in [-0.25, -0.2) is 4.79 Å². The van der Waals surface area contributed by atoms with Gasteiger partial charge in [0.05, 0.1) is 7.11 Å². The molecule has 3 N–H and O–H groups in total. The molecule has 10 heteroatoms. The SMILES string of the molecule is COc1cc2c(cc1CNC(=O)Nc1ccc(C)c(Cl)c1)CN(C1CCC(=O)NC1=O)C2=O. The molecule has 0 aliphatic carbocycles. The number of imide groups is 1. The zero-order valence-electron chi connectivity index (χ0n) is 18.2. The minimum Gasteiger partial charge on any atom is -0.496 e. The predicted molar refractivity (Wildman–Crippen MR) is 121 cm³/mol. The van der Waals surface area contributed by atoms with Crippen LogP contribution in [0.1, 0.15) is 39.9 Å². The van der Waals surface area contributed by atoms with Gasteiger partial charge in [0, 0.05) is 41.3 Å². The highest BCUT2D eigenvalue weighted by Crippen LogP contribution is 2.32. The van der Waals surface area contributed by atoms with Gasteiger partial charge in [-0.3, -0.25) is 19.7 Å². The Morgan fingerprint density at radius 1 is 1.24 bits per heavy atom. The molecule has 1 fully saturated rings. The summed E-state index contributed by atoms with van der Waals surface area (Å²) in [5.74, 6) is -0.632. The van der Waals surface area contributed by atoms with E-state index in [0.29, 0.717) is 34.0 Å². The molecule has 0 spiro atoms. The van der Waals surface area contributed by atoms with Crippen LogP contribution in [0.15, 0.2) is 30.3 Å². The zero-order chi connectivity index (χ0) is 23.7. The quantitative estimate of drug-likeness (QED) is 0.581. The van der Waals surface area contributed by atoms with Crippen LogP contribution >= 0.6 is 11.6 Å². The maximum Gasteiger partial charge on any atom is 0.319 e. The van der Waals surface area contributed by atoms with Gasteiger partial charge in [-0.1, -0.05) is 17.7 Å². The third-order valence-corrected chi connectivity index (χ3v) is 6.20. The Bertz CT molecular complexity index is 1170. The van der Waals surface area contributed by atoms with E-state index in [4.69, 9.17) is 16.3 Å². The van der Waals surface area contributed by atoms with Crippen molar-refractivity contribution >= 4 is 41.0 Å². The molecule has 33 heavy (non-hydrogen) atoms. The number of rotatable bonds is 5. The molecular formula is C23H23ClN4O5. The summed E-state index contributed by atoms with van der Waals surface area (Å²) < 4.78 is 5.43. The number of methoxy groups -OCH3 is 1. The van der Waals surface area contributed by atoms with Crippen LogP contribution in [0.25, 0.3) is 0 Å². The molecule has 2 heterocycles. The zero-order valence-corrected chi connectivity index (χ0v) is 18.9. The van der Waals surface area contributed by atoms with Crippen molar-refractivity contribution in [3.05, 3.63) is 57.6 Å². The number of nitrogens with one attached hydrogen (secondary N) is 3. The summed E-state index contributed by atoms with van der Waals surface area (Å²) in [6.07, 6.45) is 0.482. The van der Waals surface area contributed by atoms with E-state index in [1.807, 2.05) is 13.0 Å². The summed E-state index contributed by atoms with van der Waals surface area (Å²) in [5, 5.41) is 8.34. The molecule has 1 atom stereocenters. The molecule has 5 amide bonds. The number of fused-ring (bicyclic) bond motifs is 1. The average molecular weight is 471 g/mol. The van der Waals surface area contributed by atoms with E-state index < -0.39 is 18.0 Å². The fourth-order valence-corrected chi connectivity index (χ4v) is 4.18. The average Bonchev–Trinajstić information content (AvgIpc) is 3.09. The summed E-state index contributed by atoms with van der Waals surface area (Å²) >= 11 is 6.10. The molecule has 2 aromatic carbocycles. The van der Waals surface area contributed by atoms with Gasteiger partial charge in [0.15, 0.2) is 0 Å². The first-order valence-corrected chi connectivity index (χ1v) is 10.8. The first-order chi connectivity index (χ1) is 15.8. The smallest absolute Gasteiger partial charge is 0.319 e. The summed E-state index contributed by atoms with van der Waals surface area (Å²) in [6.45, 7) is 2.28. The van der Waals surface area contributed by atoms with E-state index in [1.165, 1.54) is 12.0 Å². The third-order valence-electron chi connectivity index (χ3n) is 5.79. The first kappa shape index (κ1) is 22.6. The lowest BCUT2D eigenvalue weighted by molar-refractivity contribution is -0.136. The van der Waals surface area contributed by atoms with Crippen LogP contribution in [-0.4, -0.2) is 41.8 Å². The van der Waals surface area contributed by atoms with Gasteiger partial charge in [0.1, 0.15) is 11.8 Å². The Labute approximate surface area is 195 Å². The minimum absolute atomic E-state index is 0.161. The highest BCUT2D eigenvalue weighted by molar-refractivity contribution is 6.31. The standard InChI is InChI=1S/C23H23ClN4O5/c1-12-3-4-15(8-17(12)24)26-23(32)25-10-13-7-14-11-28(18-5-6-20(29)27-21(18)30)22(31)16(14)9-19(13)33-2/h3-4,7-9,18H,5-6,10-11H2,1-2H3,(H2,25,26,32)(H,27,29,30). The number of benzene rings is 2. The van der Waals surface area contributed by atoms with Crippen LogP contribution in [0.3, 0.4) is 0 Å². The summed E-state index contributed by atoms with van der Waals surface area (Å²) in [7, 11) is 1.48. The van der Waals surface area contributed by atoms with Gasteiger partial charge in [0.25, 0.3) is 5.91 Å². The number of halogens is 1. The van der Waals surface area contributed by atoms with E-state index in [2.05, 4.69) is 16.0 Å². The van der Waals surface area contributed by atoms with Crippen LogP contribution in [0.4, 0.5) is 10.5 Å². The maximum absolute atomic E-state index is 12.9. The Morgan fingerprint density at radius 2 is 2.03 bits per heavy atom. The van der Waals surface area contributed by atoms with Crippen LogP contribution < -0.4 is 20.7 Å². The Hall–Kier alpha value is -3.59. The second kappa shape index (κ2) is 9.11. The maximum atomic E-state index is 12.9. The van der Waals surface area contributed by atoms with Crippen molar-refractivity contribution in [1.29, 1.82) is 0 Å².